The second-order valence-electron chi connectivity index (χ2n) is 4.26. The van der Waals surface area contributed by atoms with Crippen molar-refractivity contribution < 1.29 is 13.9 Å². The van der Waals surface area contributed by atoms with Gasteiger partial charge in [0.2, 0.25) is 0 Å². The van der Waals surface area contributed by atoms with Crippen LogP contribution in [0.2, 0.25) is 0 Å². The molecule has 0 saturated carbocycles. The molecule has 0 radical (unpaired) electrons. The lowest BCUT2D eigenvalue weighted by atomic mass is 10.0. The van der Waals surface area contributed by atoms with Crippen LogP contribution in [0.1, 0.15) is 24.9 Å². The second-order valence-corrected chi connectivity index (χ2v) is 4.26. The number of nitrogens with zero attached hydrogens (tertiary/aromatic N) is 1. The predicted molar refractivity (Wildman–Crippen MR) is 67.1 cm³/mol. The molecule has 3 nitrogen and oxygen atoms in total. The van der Waals surface area contributed by atoms with E-state index in [2.05, 4.69) is 0 Å². The number of likely N-dealkylation sites (N-methyl/N-ethyl adjacent to an activating group) is 1. The Morgan fingerprint density at radius 3 is 2.33 bits per heavy atom. The molecular formula is C13H20F2N2O. The van der Waals surface area contributed by atoms with Crippen molar-refractivity contribution in [3.8, 4) is 0 Å². The van der Waals surface area contributed by atoms with Crippen molar-refractivity contribution in [2.24, 2.45) is 5.73 Å². The normalized spacial score (nSPS) is 13.0. The Morgan fingerprint density at radius 1 is 1.22 bits per heavy atom. The lowest BCUT2D eigenvalue weighted by Gasteiger charge is -2.21. The monoisotopic (exact) mass is 258 g/mol. The van der Waals surface area contributed by atoms with Crippen molar-refractivity contribution in [1.29, 1.82) is 0 Å². The standard InChI is InChI=1S/C13H20F2N2O/c1-2-17(5-6-18)4-3-13(16)10-7-11(14)9-12(15)8-10/h7-9,13,18H,2-6,16H2,1H3. The van der Waals surface area contributed by atoms with Gasteiger partial charge in [0.05, 0.1) is 6.61 Å². The van der Waals surface area contributed by atoms with Crippen LogP contribution < -0.4 is 5.73 Å². The summed E-state index contributed by atoms with van der Waals surface area (Å²) in [6.07, 6.45) is 0.594. The van der Waals surface area contributed by atoms with Crippen LogP contribution >= 0.6 is 0 Å². The number of benzene rings is 1. The van der Waals surface area contributed by atoms with E-state index >= 15 is 0 Å². The van der Waals surface area contributed by atoms with Gasteiger partial charge in [-0.2, -0.15) is 0 Å². The highest BCUT2D eigenvalue weighted by molar-refractivity contribution is 5.21. The molecule has 5 heteroatoms. The number of halogens is 2. The molecule has 3 N–H and O–H groups in total. The molecule has 0 aliphatic carbocycles. The number of aliphatic hydroxyl groups excluding tert-OH is 1. The van der Waals surface area contributed by atoms with Gasteiger partial charge < -0.3 is 15.7 Å². The van der Waals surface area contributed by atoms with E-state index in [0.717, 1.165) is 12.6 Å². The van der Waals surface area contributed by atoms with Crippen LogP contribution in [0.15, 0.2) is 18.2 Å². The SMILES string of the molecule is CCN(CCO)CCC(N)c1cc(F)cc(F)c1. The quantitative estimate of drug-likeness (QED) is 0.782. The largest absolute Gasteiger partial charge is 0.395 e. The van der Waals surface area contributed by atoms with E-state index in [9.17, 15) is 8.78 Å². The molecule has 0 amide bonds. The summed E-state index contributed by atoms with van der Waals surface area (Å²) in [6, 6.07) is 2.95. The average Bonchev–Trinajstić information content (AvgIpc) is 2.32. The van der Waals surface area contributed by atoms with Crippen molar-refractivity contribution in [1.82, 2.24) is 4.90 Å². The highest BCUT2D eigenvalue weighted by Gasteiger charge is 2.11. The smallest absolute Gasteiger partial charge is 0.126 e. The third-order valence-electron chi connectivity index (χ3n) is 2.93. The first-order valence-corrected chi connectivity index (χ1v) is 6.11. The minimum absolute atomic E-state index is 0.0949. The summed E-state index contributed by atoms with van der Waals surface area (Å²) in [4.78, 5) is 2.04. The van der Waals surface area contributed by atoms with Crippen molar-refractivity contribution in [2.45, 2.75) is 19.4 Å². The van der Waals surface area contributed by atoms with Gasteiger partial charge in [0.15, 0.2) is 0 Å². The highest BCUT2D eigenvalue weighted by atomic mass is 19.1. The number of rotatable bonds is 7. The number of hydrogen-bond donors (Lipinski definition) is 2. The number of hydrogen-bond acceptors (Lipinski definition) is 3. The maximum Gasteiger partial charge on any atom is 0.126 e. The summed E-state index contributed by atoms with van der Waals surface area (Å²) in [5.41, 5.74) is 6.37. The molecule has 0 saturated heterocycles. The lowest BCUT2D eigenvalue weighted by Crippen LogP contribution is -2.30. The van der Waals surface area contributed by atoms with Gasteiger partial charge >= 0.3 is 0 Å². The first kappa shape index (κ1) is 15.0. The molecule has 18 heavy (non-hydrogen) atoms. The molecule has 1 aromatic rings. The molecule has 0 bridgehead atoms. The zero-order valence-electron chi connectivity index (χ0n) is 10.6. The van der Waals surface area contributed by atoms with Crippen LogP contribution in [-0.4, -0.2) is 36.2 Å². The van der Waals surface area contributed by atoms with Crippen molar-refractivity contribution in [2.75, 3.05) is 26.2 Å². The van der Waals surface area contributed by atoms with Crippen LogP contribution in [0, 0.1) is 11.6 Å². The van der Waals surface area contributed by atoms with Crippen molar-refractivity contribution in [3.05, 3.63) is 35.4 Å². The van der Waals surface area contributed by atoms with E-state index in [-0.39, 0.29) is 6.61 Å². The lowest BCUT2D eigenvalue weighted by molar-refractivity contribution is 0.197. The summed E-state index contributed by atoms with van der Waals surface area (Å²) in [5.74, 6) is -1.22. The van der Waals surface area contributed by atoms with Crippen LogP contribution in [0.3, 0.4) is 0 Å². The Morgan fingerprint density at radius 2 is 1.83 bits per heavy atom. The third kappa shape index (κ3) is 4.68. The summed E-state index contributed by atoms with van der Waals surface area (Å²) >= 11 is 0. The fourth-order valence-corrected chi connectivity index (χ4v) is 1.85. The van der Waals surface area contributed by atoms with Gasteiger partial charge in [0.1, 0.15) is 11.6 Å². The molecule has 0 aromatic heterocycles. The highest BCUT2D eigenvalue weighted by Crippen LogP contribution is 2.17. The van der Waals surface area contributed by atoms with E-state index in [0.29, 0.717) is 25.1 Å². The maximum atomic E-state index is 13.0. The van der Waals surface area contributed by atoms with E-state index in [1.54, 1.807) is 0 Å². The molecule has 1 aromatic carbocycles. The molecule has 0 spiro atoms. The Bertz CT molecular complexity index is 354. The Hall–Kier alpha value is -1.04. The first-order chi connectivity index (χ1) is 8.56. The maximum absolute atomic E-state index is 13.0. The van der Waals surface area contributed by atoms with E-state index < -0.39 is 17.7 Å². The van der Waals surface area contributed by atoms with Gasteiger partial charge in [0.25, 0.3) is 0 Å². The van der Waals surface area contributed by atoms with E-state index in [1.165, 1.54) is 12.1 Å². The third-order valence-corrected chi connectivity index (χ3v) is 2.93. The zero-order valence-corrected chi connectivity index (χ0v) is 10.6. The minimum atomic E-state index is -0.608. The molecule has 0 heterocycles. The van der Waals surface area contributed by atoms with Gasteiger partial charge in [-0.3, -0.25) is 0 Å². The Labute approximate surface area is 106 Å². The fourth-order valence-electron chi connectivity index (χ4n) is 1.85. The molecule has 1 unspecified atom stereocenters. The molecule has 0 aliphatic heterocycles. The van der Waals surface area contributed by atoms with Gasteiger partial charge in [0, 0.05) is 25.2 Å². The van der Waals surface area contributed by atoms with Gasteiger partial charge in [-0.05, 0) is 30.7 Å². The topological polar surface area (TPSA) is 49.5 Å². The molecular weight excluding hydrogens is 238 g/mol. The van der Waals surface area contributed by atoms with Crippen LogP contribution in [-0.2, 0) is 0 Å². The first-order valence-electron chi connectivity index (χ1n) is 6.11. The fraction of sp³-hybridized carbons (Fsp3) is 0.538. The molecule has 0 fully saturated rings. The molecule has 1 atom stereocenters. The van der Waals surface area contributed by atoms with Crippen molar-refractivity contribution in [3.63, 3.8) is 0 Å². The zero-order chi connectivity index (χ0) is 13.5. The minimum Gasteiger partial charge on any atom is -0.395 e. The summed E-state index contributed by atoms with van der Waals surface area (Å²) in [7, 11) is 0. The summed E-state index contributed by atoms with van der Waals surface area (Å²) < 4.78 is 26.1. The van der Waals surface area contributed by atoms with Gasteiger partial charge in [-0.15, -0.1) is 0 Å². The summed E-state index contributed by atoms with van der Waals surface area (Å²) in [5, 5.41) is 8.85. The Kier molecular flexibility index (Phi) is 6.18. The van der Waals surface area contributed by atoms with Crippen LogP contribution in [0.4, 0.5) is 8.78 Å². The van der Waals surface area contributed by atoms with Crippen LogP contribution in [0.25, 0.3) is 0 Å². The van der Waals surface area contributed by atoms with Gasteiger partial charge in [-0.1, -0.05) is 6.92 Å². The second kappa shape index (κ2) is 7.41. The number of nitrogens with two attached hydrogens (primary N) is 1. The van der Waals surface area contributed by atoms with E-state index in [1.807, 2.05) is 11.8 Å². The van der Waals surface area contributed by atoms with Gasteiger partial charge in [-0.25, -0.2) is 8.78 Å². The average molecular weight is 258 g/mol. The summed E-state index contributed by atoms with van der Waals surface area (Å²) in [6.45, 7) is 4.17. The predicted octanol–water partition coefficient (Wildman–Crippen LogP) is 1.67. The molecule has 102 valence electrons. The molecule has 0 aliphatic rings. The molecule has 1 rings (SSSR count). The number of aliphatic hydroxyl groups is 1. The van der Waals surface area contributed by atoms with Crippen LogP contribution in [0.5, 0.6) is 0 Å². The Balaban J connectivity index is 2.56. The van der Waals surface area contributed by atoms with Crippen molar-refractivity contribution >= 4 is 0 Å². The van der Waals surface area contributed by atoms with E-state index in [4.69, 9.17) is 10.8 Å².